The summed E-state index contributed by atoms with van der Waals surface area (Å²) in [6.45, 7) is 0. The van der Waals surface area contributed by atoms with Gasteiger partial charge in [-0.25, -0.2) is 10.5 Å². The van der Waals surface area contributed by atoms with Crippen molar-refractivity contribution in [1.82, 2.24) is 10.5 Å². The summed E-state index contributed by atoms with van der Waals surface area (Å²) in [7, 11) is 0. The zero-order valence-corrected chi connectivity index (χ0v) is 10.4. The van der Waals surface area contributed by atoms with E-state index in [0.717, 1.165) is 11.3 Å². The molecule has 0 radical (unpaired) electrons. The average molecular weight is 260 g/mol. The van der Waals surface area contributed by atoms with Crippen LogP contribution in [0.1, 0.15) is 15.9 Å². The molecule has 0 bridgehead atoms. The van der Waals surface area contributed by atoms with Gasteiger partial charge >= 0.3 is 0 Å². The molecule has 0 unspecified atom stereocenters. The summed E-state index contributed by atoms with van der Waals surface area (Å²) in [5.41, 5.74) is 3.16. The van der Waals surface area contributed by atoms with E-state index in [1.54, 1.807) is 23.8 Å². The summed E-state index contributed by atoms with van der Waals surface area (Å²) < 4.78 is 0. The lowest BCUT2D eigenvalue weighted by atomic mass is 10.2. The Morgan fingerprint density at radius 1 is 1.22 bits per heavy atom. The van der Waals surface area contributed by atoms with Gasteiger partial charge in [0, 0.05) is 11.9 Å². The number of thioether (sulfide) groups is 1. The molecule has 2 rings (SSSR count). The maximum Gasteiger partial charge on any atom is 0.277 e. The van der Waals surface area contributed by atoms with Gasteiger partial charge in [-0.2, -0.15) is 0 Å². The molecule has 92 valence electrons. The second kappa shape index (κ2) is 6.18. The quantitative estimate of drug-likeness (QED) is 0.503. The Morgan fingerprint density at radius 3 is 2.72 bits per heavy atom. The zero-order valence-electron chi connectivity index (χ0n) is 9.54. The first-order chi connectivity index (χ1) is 8.81. The van der Waals surface area contributed by atoms with Gasteiger partial charge in [0.25, 0.3) is 5.91 Å². The summed E-state index contributed by atoms with van der Waals surface area (Å²) >= 11 is 1.46. The van der Waals surface area contributed by atoms with Crippen LogP contribution in [-0.4, -0.2) is 16.1 Å². The van der Waals surface area contributed by atoms with Gasteiger partial charge in [-0.15, -0.1) is 11.8 Å². The third kappa shape index (κ3) is 3.09. The molecule has 1 heterocycles. The number of amides is 1. The van der Waals surface area contributed by atoms with Gasteiger partial charge in [0.1, 0.15) is 5.03 Å². The summed E-state index contributed by atoms with van der Waals surface area (Å²) in [5, 5.41) is 9.27. The first kappa shape index (κ1) is 12.6. The molecule has 5 heteroatoms. The van der Waals surface area contributed by atoms with Gasteiger partial charge in [-0.1, -0.05) is 30.3 Å². The van der Waals surface area contributed by atoms with Crippen LogP contribution < -0.4 is 5.48 Å². The Bertz CT molecular complexity index is 532. The van der Waals surface area contributed by atoms with Crippen molar-refractivity contribution in [2.75, 3.05) is 0 Å². The van der Waals surface area contributed by atoms with Crippen molar-refractivity contribution >= 4 is 17.7 Å². The second-order valence-corrected chi connectivity index (χ2v) is 4.54. The molecule has 0 saturated heterocycles. The molecule has 0 aliphatic carbocycles. The molecule has 1 aromatic heterocycles. The van der Waals surface area contributed by atoms with Crippen LogP contribution in [0.25, 0.3) is 0 Å². The van der Waals surface area contributed by atoms with Gasteiger partial charge < -0.3 is 0 Å². The molecule has 4 nitrogen and oxygen atoms in total. The number of benzene rings is 1. The largest absolute Gasteiger partial charge is 0.288 e. The number of hydroxylamine groups is 1. The minimum atomic E-state index is -0.543. The highest BCUT2D eigenvalue weighted by atomic mass is 32.2. The van der Waals surface area contributed by atoms with E-state index in [-0.39, 0.29) is 0 Å². The number of hydrogen-bond acceptors (Lipinski definition) is 4. The third-order valence-corrected chi connectivity index (χ3v) is 3.41. The molecule has 2 aromatic rings. The number of pyridine rings is 1. The third-order valence-electron chi connectivity index (χ3n) is 2.34. The summed E-state index contributed by atoms with van der Waals surface area (Å²) in [4.78, 5) is 15.6. The van der Waals surface area contributed by atoms with Gasteiger partial charge in [0.15, 0.2) is 0 Å². The molecule has 0 aliphatic rings. The summed E-state index contributed by atoms with van der Waals surface area (Å²) in [6.07, 6.45) is 1.63. The van der Waals surface area contributed by atoms with Crippen LogP contribution in [0.3, 0.4) is 0 Å². The van der Waals surface area contributed by atoms with E-state index in [1.807, 2.05) is 30.3 Å². The SMILES string of the molecule is O=C(NO)c1cccnc1SCc1ccccc1. The Morgan fingerprint density at radius 2 is 2.00 bits per heavy atom. The van der Waals surface area contributed by atoms with Crippen molar-refractivity contribution < 1.29 is 10.0 Å². The number of carbonyl (C=O) groups excluding carboxylic acids is 1. The number of nitrogens with one attached hydrogen (secondary N) is 1. The Labute approximate surface area is 109 Å². The highest BCUT2D eigenvalue weighted by Gasteiger charge is 2.11. The Hall–Kier alpha value is -1.85. The normalized spacial score (nSPS) is 10.1. The van der Waals surface area contributed by atoms with E-state index in [2.05, 4.69) is 4.98 Å². The van der Waals surface area contributed by atoms with Crippen molar-refractivity contribution in [3.8, 4) is 0 Å². The Kier molecular flexibility index (Phi) is 4.33. The molecular weight excluding hydrogens is 248 g/mol. The molecule has 1 amide bonds. The molecule has 0 saturated carbocycles. The van der Waals surface area contributed by atoms with Crippen molar-refractivity contribution in [2.24, 2.45) is 0 Å². The van der Waals surface area contributed by atoms with E-state index < -0.39 is 5.91 Å². The highest BCUT2D eigenvalue weighted by molar-refractivity contribution is 7.98. The molecule has 18 heavy (non-hydrogen) atoms. The molecule has 0 atom stereocenters. The van der Waals surface area contributed by atoms with Gasteiger partial charge in [-0.3, -0.25) is 10.0 Å². The molecule has 0 aliphatic heterocycles. The highest BCUT2D eigenvalue weighted by Crippen LogP contribution is 2.23. The van der Waals surface area contributed by atoms with Gasteiger partial charge in [0.2, 0.25) is 0 Å². The number of hydrogen-bond donors (Lipinski definition) is 2. The molecule has 1 aromatic carbocycles. The standard InChI is InChI=1S/C13H12N2O2S/c16-12(15-17)11-7-4-8-14-13(11)18-9-10-5-2-1-3-6-10/h1-8,17H,9H2,(H,15,16). The maximum atomic E-state index is 11.4. The van der Waals surface area contributed by atoms with Crippen LogP contribution >= 0.6 is 11.8 Å². The minimum absolute atomic E-state index is 0.376. The van der Waals surface area contributed by atoms with Crippen molar-refractivity contribution in [3.05, 3.63) is 59.8 Å². The zero-order chi connectivity index (χ0) is 12.8. The van der Waals surface area contributed by atoms with E-state index in [1.165, 1.54) is 11.8 Å². The number of aromatic nitrogens is 1. The van der Waals surface area contributed by atoms with Crippen molar-refractivity contribution in [3.63, 3.8) is 0 Å². The van der Waals surface area contributed by atoms with Crippen molar-refractivity contribution in [2.45, 2.75) is 10.8 Å². The summed E-state index contributed by atoms with van der Waals surface area (Å²) in [5.74, 6) is 0.183. The van der Waals surface area contributed by atoms with E-state index in [9.17, 15) is 4.79 Å². The number of nitrogens with zero attached hydrogens (tertiary/aromatic N) is 1. The van der Waals surface area contributed by atoms with Crippen LogP contribution in [0.4, 0.5) is 0 Å². The van der Waals surface area contributed by atoms with Gasteiger partial charge in [0.05, 0.1) is 5.56 Å². The monoisotopic (exact) mass is 260 g/mol. The van der Waals surface area contributed by atoms with Crippen molar-refractivity contribution in [1.29, 1.82) is 0 Å². The lowest BCUT2D eigenvalue weighted by Gasteiger charge is -2.06. The second-order valence-electron chi connectivity index (χ2n) is 3.57. The van der Waals surface area contributed by atoms with Crippen LogP contribution in [0.2, 0.25) is 0 Å². The lowest BCUT2D eigenvalue weighted by molar-refractivity contribution is 0.0702. The van der Waals surface area contributed by atoms with E-state index in [4.69, 9.17) is 5.21 Å². The predicted octanol–water partition coefficient (Wildman–Crippen LogP) is 2.49. The fraction of sp³-hybridized carbons (Fsp3) is 0.0769. The first-order valence-corrected chi connectivity index (χ1v) is 6.36. The van der Waals surface area contributed by atoms with E-state index in [0.29, 0.717) is 10.6 Å². The topological polar surface area (TPSA) is 62.2 Å². The minimum Gasteiger partial charge on any atom is -0.288 e. The molecule has 2 N–H and O–H groups in total. The lowest BCUT2D eigenvalue weighted by Crippen LogP contribution is -2.19. The molecule has 0 spiro atoms. The maximum absolute atomic E-state index is 11.4. The summed E-state index contributed by atoms with van der Waals surface area (Å²) in [6, 6.07) is 13.2. The first-order valence-electron chi connectivity index (χ1n) is 5.37. The van der Waals surface area contributed by atoms with Crippen LogP contribution in [-0.2, 0) is 5.75 Å². The van der Waals surface area contributed by atoms with E-state index >= 15 is 0 Å². The smallest absolute Gasteiger partial charge is 0.277 e. The molecule has 0 fully saturated rings. The fourth-order valence-electron chi connectivity index (χ4n) is 1.46. The predicted molar refractivity (Wildman–Crippen MR) is 69.5 cm³/mol. The number of carbonyl (C=O) groups is 1. The van der Waals surface area contributed by atoms with Crippen LogP contribution in [0.5, 0.6) is 0 Å². The Balaban J connectivity index is 2.12. The van der Waals surface area contributed by atoms with Crippen LogP contribution in [0, 0.1) is 0 Å². The van der Waals surface area contributed by atoms with Gasteiger partial charge in [-0.05, 0) is 17.7 Å². The fourth-order valence-corrected chi connectivity index (χ4v) is 2.41. The molecular formula is C13H12N2O2S. The average Bonchev–Trinajstić information content (AvgIpc) is 2.45. The van der Waals surface area contributed by atoms with Crippen LogP contribution in [0.15, 0.2) is 53.7 Å². The number of rotatable bonds is 4.